The van der Waals surface area contributed by atoms with E-state index in [2.05, 4.69) is 34.9 Å². The molecule has 178 valence electrons. The summed E-state index contributed by atoms with van der Waals surface area (Å²) in [5.74, 6) is 0.485. The second-order valence-electron chi connectivity index (χ2n) is 9.09. The van der Waals surface area contributed by atoms with Gasteiger partial charge in [-0.2, -0.15) is 0 Å². The lowest BCUT2D eigenvalue weighted by molar-refractivity contribution is -0.128. The maximum absolute atomic E-state index is 13.9. The van der Waals surface area contributed by atoms with Crippen LogP contribution in [-0.4, -0.2) is 37.0 Å². The molecular formula is C28H33N3O3. The molecule has 34 heavy (non-hydrogen) atoms. The Hall–Kier alpha value is -3.38. The van der Waals surface area contributed by atoms with Crippen molar-refractivity contribution < 1.29 is 14.3 Å². The predicted molar refractivity (Wildman–Crippen MR) is 136 cm³/mol. The highest BCUT2D eigenvalue weighted by atomic mass is 16.5. The molecular weight excluding hydrogens is 426 g/mol. The van der Waals surface area contributed by atoms with Crippen LogP contribution in [-0.2, 0) is 22.6 Å². The minimum atomic E-state index is -0.597. The minimum Gasteiger partial charge on any atom is -0.491 e. The van der Waals surface area contributed by atoms with Crippen LogP contribution in [0.2, 0.25) is 0 Å². The molecule has 4 rings (SSSR count). The van der Waals surface area contributed by atoms with Crippen LogP contribution < -0.4 is 20.3 Å². The Morgan fingerprint density at radius 1 is 1.06 bits per heavy atom. The van der Waals surface area contributed by atoms with Crippen molar-refractivity contribution in [2.45, 2.75) is 58.3 Å². The van der Waals surface area contributed by atoms with Crippen molar-refractivity contribution in [3.8, 4) is 5.75 Å². The molecule has 0 bridgehead atoms. The summed E-state index contributed by atoms with van der Waals surface area (Å²) in [4.78, 5) is 28.3. The van der Waals surface area contributed by atoms with Crippen LogP contribution >= 0.6 is 0 Å². The van der Waals surface area contributed by atoms with Gasteiger partial charge in [-0.05, 0) is 69.1 Å². The lowest BCUT2D eigenvalue weighted by Gasteiger charge is -2.28. The van der Waals surface area contributed by atoms with E-state index < -0.39 is 6.04 Å². The van der Waals surface area contributed by atoms with Gasteiger partial charge >= 0.3 is 0 Å². The molecule has 0 unspecified atom stereocenters. The van der Waals surface area contributed by atoms with E-state index in [0.29, 0.717) is 19.4 Å². The number of likely N-dealkylation sites (N-methyl/N-ethyl adjacent to an activating group) is 1. The number of hydrogen-bond donors (Lipinski definition) is 2. The van der Waals surface area contributed by atoms with Gasteiger partial charge in [-0.1, -0.05) is 48.5 Å². The van der Waals surface area contributed by atoms with Gasteiger partial charge in [0.25, 0.3) is 0 Å². The molecule has 3 aromatic rings. The standard InChI is InChI=1S/C28H33N3O3/c1-18(2)34-26-16-14-20-9-5-7-11-22(20)23(26)17-31-25-12-8-6-10-21(25)13-15-24(28(31)33)30-27(32)19(3)29-4/h5-12,14,16,18-19,24,29H,13,15,17H2,1-4H3,(H,30,32)/t19-,24-/m0/s1. The summed E-state index contributed by atoms with van der Waals surface area (Å²) in [7, 11) is 1.73. The summed E-state index contributed by atoms with van der Waals surface area (Å²) < 4.78 is 6.17. The van der Waals surface area contributed by atoms with Crippen molar-refractivity contribution in [2.75, 3.05) is 11.9 Å². The Kier molecular flexibility index (Phi) is 7.17. The number of anilines is 1. The van der Waals surface area contributed by atoms with Gasteiger partial charge in [0.2, 0.25) is 11.8 Å². The molecule has 1 aliphatic rings. The smallest absolute Gasteiger partial charge is 0.249 e. The van der Waals surface area contributed by atoms with Crippen molar-refractivity contribution in [1.29, 1.82) is 0 Å². The summed E-state index contributed by atoms with van der Waals surface area (Å²) in [5.41, 5.74) is 2.95. The normalized spacial score (nSPS) is 16.8. The molecule has 0 saturated heterocycles. The quantitative estimate of drug-likeness (QED) is 0.556. The molecule has 0 aliphatic carbocycles. The summed E-state index contributed by atoms with van der Waals surface area (Å²) in [5, 5.41) is 8.06. The second-order valence-corrected chi connectivity index (χ2v) is 9.09. The van der Waals surface area contributed by atoms with E-state index in [-0.39, 0.29) is 24.0 Å². The topological polar surface area (TPSA) is 70.7 Å². The first-order valence-corrected chi connectivity index (χ1v) is 11.9. The van der Waals surface area contributed by atoms with Gasteiger partial charge in [0.15, 0.2) is 0 Å². The average molecular weight is 460 g/mol. The van der Waals surface area contributed by atoms with Gasteiger partial charge < -0.3 is 20.3 Å². The third kappa shape index (κ3) is 4.92. The Bertz CT molecular complexity index is 1190. The van der Waals surface area contributed by atoms with E-state index in [9.17, 15) is 9.59 Å². The molecule has 0 spiro atoms. The van der Waals surface area contributed by atoms with Crippen LogP contribution in [0.5, 0.6) is 5.75 Å². The third-order valence-electron chi connectivity index (χ3n) is 6.37. The van der Waals surface area contributed by atoms with Crippen LogP contribution in [0.4, 0.5) is 5.69 Å². The van der Waals surface area contributed by atoms with E-state index in [1.165, 1.54) is 0 Å². The zero-order valence-electron chi connectivity index (χ0n) is 20.3. The van der Waals surface area contributed by atoms with Crippen molar-refractivity contribution >= 4 is 28.3 Å². The predicted octanol–water partition coefficient (Wildman–Crippen LogP) is 4.20. The zero-order valence-corrected chi connectivity index (χ0v) is 20.3. The maximum atomic E-state index is 13.9. The Morgan fingerprint density at radius 3 is 2.56 bits per heavy atom. The van der Waals surface area contributed by atoms with E-state index in [4.69, 9.17) is 4.74 Å². The number of aryl methyl sites for hydroxylation is 1. The number of carbonyl (C=O) groups is 2. The number of fused-ring (bicyclic) bond motifs is 2. The maximum Gasteiger partial charge on any atom is 0.249 e. The molecule has 0 saturated carbocycles. The van der Waals surface area contributed by atoms with Gasteiger partial charge in [0.05, 0.1) is 18.7 Å². The molecule has 2 atom stereocenters. The fourth-order valence-corrected chi connectivity index (χ4v) is 4.44. The largest absolute Gasteiger partial charge is 0.491 e. The van der Waals surface area contributed by atoms with Crippen molar-refractivity contribution in [2.24, 2.45) is 0 Å². The fourth-order valence-electron chi connectivity index (χ4n) is 4.44. The third-order valence-corrected chi connectivity index (χ3v) is 6.37. The number of hydrogen-bond acceptors (Lipinski definition) is 4. The van der Waals surface area contributed by atoms with E-state index in [1.807, 2.05) is 55.1 Å². The summed E-state index contributed by atoms with van der Waals surface area (Å²) >= 11 is 0. The fraction of sp³-hybridized carbons (Fsp3) is 0.357. The number of benzene rings is 3. The average Bonchev–Trinajstić information content (AvgIpc) is 2.96. The van der Waals surface area contributed by atoms with Crippen molar-refractivity contribution in [3.63, 3.8) is 0 Å². The highest BCUT2D eigenvalue weighted by Crippen LogP contribution is 2.34. The number of rotatable bonds is 7. The molecule has 2 amide bonds. The molecule has 2 N–H and O–H groups in total. The van der Waals surface area contributed by atoms with Crippen LogP contribution in [0.15, 0.2) is 60.7 Å². The van der Waals surface area contributed by atoms with Crippen LogP contribution in [0.3, 0.4) is 0 Å². The molecule has 0 fully saturated rings. The lowest BCUT2D eigenvalue weighted by Crippen LogP contribution is -2.52. The summed E-state index contributed by atoms with van der Waals surface area (Å²) in [6.45, 7) is 6.14. The van der Waals surface area contributed by atoms with Gasteiger partial charge in [0.1, 0.15) is 11.8 Å². The van der Waals surface area contributed by atoms with Crippen molar-refractivity contribution in [1.82, 2.24) is 10.6 Å². The number of nitrogens with one attached hydrogen (secondary N) is 2. The molecule has 0 aromatic heterocycles. The second kappa shape index (κ2) is 10.3. The lowest BCUT2D eigenvalue weighted by atomic mass is 10.0. The van der Waals surface area contributed by atoms with Gasteiger partial charge in [0, 0.05) is 11.3 Å². The minimum absolute atomic E-state index is 0.00195. The SMILES string of the molecule is CN[C@@H](C)C(=O)N[C@H]1CCc2ccccc2N(Cc2c(OC(C)C)ccc3ccccc23)C1=O. The van der Waals surface area contributed by atoms with Crippen LogP contribution in [0.1, 0.15) is 38.3 Å². The van der Waals surface area contributed by atoms with E-state index in [1.54, 1.807) is 14.0 Å². The summed E-state index contributed by atoms with van der Waals surface area (Å²) in [6, 6.07) is 19.2. The Morgan fingerprint density at radius 2 is 1.79 bits per heavy atom. The Balaban J connectivity index is 1.77. The van der Waals surface area contributed by atoms with E-state index in [0.717, 1.165) is 33.3 Å². The number of para-hydroxylation sites is 1. The Labute approximate surface area is 201 Å². The van der Waals surface area contributed by atoms with E-state index >= 15 is 0 Å². The molecule has 1 heterocycles. The highest BCUT2D eigenvalue weighted by Gasteiger charge is 2.33. The first-order valence-electron chi connectivity index (χ1n) is 11.9. The molecule has 6 nitrogen and oxygen atoms in total. The van der Waals surface area contributed by atoms with Crippen molar-refractivity contribution in [3.05, 3.63) is 71.8 Å². The first-order chi connectivity index (χ1) is 16.4. The monoisotopic (exact) mass is 459 g/mol. The number of ether oxygens (including phenoxy) is 1. The first kappa shape index (κ1) is 23.8. The zero-order chi connectivity index (χ0) is 24.2. The van der Waals surface area contributed by atoms with Gasteiger partial charge in [-0.15, -0.1) is 0 Å². The number of nitrogens with zero attached hydrogens (tertiary/aromatic N) is 1. The number of amides is 2. The van der Waals surface area contributed by atoms with Gasteiger partial charge in [-0.25, -0.2) is 0 Å². The van der Waals surface area contributed by atoms with Gasteiger partial charge in [-0.3, -0.25) is 9.59 Å². The number of carbonyl (C=O) groups excluding carboxylic acids is 2. The molecule has 0 radical (unpaired) electrons. The van der Waals surface area contributed by atoms with Crippen LogP contribution in [0.25, 0.3) is 10.8 Å². The summed E-state index contributed by atoms with van der Waals surface area (Å²) in [6.07, 6.45) is 1.27. The molecule has 6 heteroatoms. The molecule has 3 aromatic carbocycles. The molecule has 1 aliphatic heterocycles. The van der Waals surface area contributed by atoms with Crippen LogP contribution in [0, 0.1) is 0 Å². The highest BCUT2D eigenvalue weighted by molar-refractivity contribution is 6.01.